The first-order chi connectivity index (χ1) is 10.2. The van der Waals surface area contributed by atoms with E-state index in [-0.39, 0.29) is 0 Å². The third-order valence-corrected chi connectivity index (χ3v) is 4.95. The van der Waals surface area contributed by atoms with Gasteiger partial charge in [-0.15, -0.1) is 0 Å². The third-order valence-electron chi connectivity index (χ3n) is 3.84. The van der Waals surface area contributed by atoms with Gasteiger partial charge in [-0.05, 0) is 31.7 Å². The molecule has 108 valence electrons. The van der Waals surface area contributed by atoms with Crippen molar-refractivity contribution < 1.29 is 0 Å². The van der Waals surface area contributed by atoms with E-state index in [0.717, 1.165) is 54.0 Å². The molecule has 8 heteroatoms. The Morgan fingerprint density at radius 1 is 1.10 bits per heavy atom. The van der Waals surface area contributed by atoms with Crippen LogP contribution in [0.15, 0.2) is 14.8 Å². The molecule has 1 aliphatic carbocycles. The Labute approximate surface area is 134 Å². The van der Waals surface area contributed by atoms with Crippen LogP contribution in [-0.2, 0) is 24.2 Å². The first-order valence-electron chi connectivity index (χ1n) is 6.63. The summed E-state index contributed by atoms with van der Waals surface area (Å²) >= 11 is 13.7. The Morgan fingerprint density at radius 3 is 2.71 bits per heavy atom. The molecular formula is C13H11Cl2N5S. The van der Waals surface area contributed by atoms with Gasteiger partial charge in [0.05, 0.1) is 21.4 Å². The van der Waals surface area contributed by atoms with Crippen LogP contribution in [0.4, 0.5) is 17.2 Å². The lowest BCUT2D eigenvalue weighted by atomic mass is 9.97. The van der Waals surface area contributed by atoms with Gasteiger partial charge in [-0.3, -0.25) is 0 Å². The lowest BCUT2D eigenvalue weighted by Crippen LogP contribution is -2.08. The second-order valence-electron chi connectivity index (χ2n) is 5.08. The summed E-state index contributed by atoms with van der Waals surface area (Å²) in [4.78, 5) is 0. The number of nitrogens with zero attached hydrogens (tertiary/aromatic N) is 4. The minimum atomic E-state index is 0.501. The number of rotatable bonds is 1. The van der Waals surface area contributed by atoms with Crippen molar-refractivity contribution >= 4 is 51.7 Å². The van der Waals surface area contributed by atoms with Crippen molar-refractivity contribution in [1.29, 1.82) is 0 Å². The second kappa shape index (κ2) is 4.83. The molecule has 0 spiro atoms. The van der Waals surface area contributed by atoms with Crippen molar-refractivity contribution in [2.24, 2.45) is 8.73 Å². The molecule has 2 aliphatic rings. The van der Waals surface area contributed by atoms with Crippen molar-refractivity contribution in [2.45, 2.75) is 25.7 Å². The summed E-state index contributed by atoms with van der Waals surface area (Å²) < 4.78 is 10.4. The smallest absolute Gasteiger partial charge is 0.149 e. The highest BCUT2D eigenvalue weighted by Crippen LogP contribution is 2.47. The first-order valence-corrected chi connectivity index (χ1v) is 8.12. The van der Waals surface area contributed by atoms with Crippen molar-refractivity contribution in [3.05, 3.63) is 27.4 Å². The molecule has 0 bridgehead atoms. The maximum atomic E-state index is 6.40. The molecule has 4 rings (SSSR count). The standard InChI is InChI=1S/C13H11Cl2N5S/c14-7-5-8(15)12(11-10(7)18-21-19-11)20-9-4-2-1-3-6(9)13(16)17-20/h5H,1-4H2,(H2,16,17). The van der Waals surface area contributed by atoms with Gasteiger partial charge in [0.1, 0.15) is 22.9 Å². The zero-order chi connectivity index (χ0) is 14.6. The number of hydrogen-bond donors (Lipinski definition) is 1. The van der Waals surface area contributed by atoms with E-state index in [1.165, 1.54) is 0 Å². The topological polar surface area (TPSA) is 68.6 Å². The van der Waals surface area contributed by atoms with E-state index in [1.807, 2.05) is 4.68 Å². The molecule has 1 aliphatic heterocycles. The van der Waals surface area contributed by atoms with Gasteiger partial charge in [0, 0.05) is 11.3 Å². The second-order valence-corrected chi connectivity index (χ2v) is 6.42. The molecule has 0 radical (unpaired) electrons. The molecule has 0 saturated heterocycles. The van der Waals surface area contributed by atoms with E-state index in [0.29, 0.717) is 27.2 Å². The molecule has 2 aromatic rings. The van der Waals surface area contributed by atoms with E-state index in [9.17, 15) is 0 Å². The normalized spacial score (nSPS) is 15.7. The Kier molecular flexibility index (Phi) is 3.06. The SMILES string of the molecule is Nc1nn(-c2c(Cl)cc(Cl)c3c2N=S=N3)c2c1CCCC2. The molecule has 2 heterocycles. The van der Waals surface area contributed by atoms with Crippen LogP contribution in [0, 0.1) is 0 Å². The van der Waals surface area contributed by atoms with E-state index in [2.05, 4.69) is 13.8 Å². The first kappa shape index (κ1) is 13.3. The summed E-state index contributed by atoms with van der Waals surface area (Å²) in [5, 5.41) is 5.50. The molecule has 0 fully saturated rings. The number of benzene rings is 1. The average Bonchev–Trinajstić information content (AvgIpc) is 3.06. The molecule has 0 unspecified atom stereocenters. The summed E-state index contributed by atoms with van der Waals surface area (Å²) in [7, 11) is 0. The zero-order valence-electron chi connectivity index (χ0n) is 10.9. The van der Waals surface area contributed by atoms with E-state index < -0.39 is 0 Å². The molecule has 21 heavy (non-hydrogen) atoms. The van der Waals surface area contributed by atoms with E-state index in [1.54, 1.807) is 6.07 Å². The fraction of sp³-hybridized carbons (Fsp3) is 0.308. The van der Waals surface area contributed by atoms with E-state index in [4.69, 9.17) is 28.9 Å². The number of halogens is 2. The lowest BCUT2D eigenvalue weighted by Gasteiger charge is -2.16. The van der Waals surface area contributed by atoms with Crippen molar-refractivity contribution in [1.82, 2.24) is 9.78 Å². The fourth-order valence-corrected chi connectivity index (χ4v) is 4.06. The third kappa shape index (κ3) is 1.93. The maximum Gasteiger partial charge on any atom is 0.149 e. The minimum Gasteiger partial charge on any atom is -0.382 e. The highest BCUT2D eigenvalue weighted by molar-refractivity contribution is 7.58. The van der Waals surface area contributed by atoms with Crippen molar-refractivity contribution in [3.8, 4) is 5.69 Å². The van der Waals surface area contributed by atoms with Gasteiger partial charge in [-0.1, -0.05) is 23.2 Å². The molecule has 0 amide bonds. The number of nitrogens with two attached hydrogens (primary N) is 1. The molecule has 5 nitrogen and oxygen atoms in total. The summed E-state index contributed by atoms with van der Waals surface area (Å²) in [6.45, 7) is 0. The Balaban J connectivity index is 2.01. The quantitative estimate of drug-likeness (QED) is 0.715. The zero-order valence-corrected chi connectivity index (χ0v) is 13.3. The van der Waals surface area contributed by atoms with Crippen LogP contribution in [0.25, 0.3) is 5.69 Å². The largest absolute Gasteiger partial charge is 0.382 e. The maximum absolute atomic E-state index is 6.40. The monoisotopic (exact) mass is 339 g/mol. The number of anilines is 1. The van der Waals surface area contributed by atoms with Gasteiger partial charge in [-0.25, -0.2) is 4.68 Å². The van der Waals surface area contributed by atoms with Gasteiger partial charge in [-0.2, -0.15) is 13.8 Å². The van der Waals surface area contributed by atoms with Crippen LogP contribution in [0.3, 0.4) is 0 Å². The van der Waals surface area contributed by atoms with Crippen molar-refractivity contribution in [2.75, 3.05) is 5.73 Å². The Morgan fingerprint density at radius 2 is 1.86 bits per heavy atom. The predicted octanol–water partition coefficient (Wildman–Crippen LogP) is 4.37. The molecule has 0 atom stereocenters. The highest BCUT2D eigenvalue weighted by atomic mass is 35.5. The van der Waals surface area contributed by atoms with Crippen LogP contribution < -0.4 is 5.73 Å². The number of hydrogen-bond acceptors (Lipinski definition) is 4. The number of aromatic nitrogens is 2. The van der Waals surface area contributed by atoms with Gasteiger partial charge in [0.2, 0.25) is 0 Å². The van der Waals surface area contributed by atoms with Crippen LogP contribution >= 0.6 is 23.2 Å². The van der Waals surface area contributed by atoms with E-state index >= 15 is 0 Å². The number of fused-ring (bicyclic) bond motifs is 2. The van der Waals surface area contributed by atoms with Crippen molar-refractivity contribution in [3.63, 3.8) is 0 Å². The lowest BCUT2D eigenvalue weighted by molar-refractivity contribution is 0.653. The fourth-order valence-electron chi connectivity index (χ4n) is 2.88. The van der Waals surface area contributed by atoms with Gasteiger partial charge in [0.25, 0.3) is 0 Å². The summed E-state index contributed by atoms with van der Waals surface area (Å²) in [5.41, 5.74) is 10.4. The molecule has 1 aromatic carbocycles. The average molecular weight is 340 g/mol. The van der Waals surface area contributed by atoms with Crippen LogP contribution in [0.5, 0.6) is 0 Å². The Bertz CT molecular complexity index is 836. The molecule has 0 saturated carbocycles. The molecular weight excluding hydrogens is 329 g/mol. The minimum absolute atomic E-state index is 0.501. The molecule has 1 aromatic heterocycles. The number of nitrogen functional groups attached to an aromatic ring is 1. The van der Waals surface area contributed by atoms with Crippen LogP contribution in [0.2, 0.25) is 10.0 Å². The van der Waals surface area contributed by atoms with Gasteiger partial charge < -0.3 is 5.73 Å². The Hall–Kier alpha value is -1.37. The molecule has 2 N–H and O–H groups in total. The highest BCUT2D eigenvalue weighted by Gasteiger charge is 2.26. The summed E-state index contributed by atoms with van der Waals surface area (Å²) in [5.74, 6) is 0.576. The summed E-state index contributed by atoms with van der Waals surface area (Å²) in [6.07, 6.45) is 4.18. The summed E-state index contributed by atoms with van der Waals surface area (Å²) in [6, 6.07) is 1.69. The van der Waals surface area contributed by atoms with Crippen LogP contribution in [0.1, 0.15) is 24.1 Å². The van der Waals surface area contributed by atoms with Crippen LogP contribution in [-0.4, -0.2) is 9.78 Å². The van der Waals surface area contributed by atoms with Gasteiger partial charge in [0.15, 0.2) is 0 Å². The predicted molar refractivity (Wildman–Crippen MR) is 86.2 cm³/mol. The van der Waals surface area contributed by atoms with Gasteiger partial charge >= 0.3 is 0 Å².